The molecule has 0 saturated heterocycles. The van der Waals surface area contributed by atoms with E-state index in [0.29, 0.717) is 5.56 Å². The van der Waals surface area contributed by atoms with Gasteiger partial charge in [-0.3, -0.25) is 13.7 Å². The SMILES string of the molecule is CNc1cc(S(=O)(=O)O)cc2cc(S(=O)(=O)O)c(N=Nc3ccc(C)cc3S(=O)(=O)O)c(O)c12. The summed E-state index contributed by atoms with van der Waals surface area (Å²) in [6.45, 7) is 1.54. The summed E-state index contributed by atoms with van der Waals surface area (Å²) < 4.78 is 98.9. The minimum Gasteiger partial charge on any atom is -0.505 e. The second kappa shape index (κ2) is 8.57. The van der Waals surface area contributed by atoms with Gasteiger partial charge in [0.2, 0.25) is 0 Å². The van der Waals surface area contributed by atoms with Gasteiger partial charge in [-0.25, -0.2) is 0 Å². The van der Waals surface area contributed by atoms with E-state index in [2.05, 4.69) is 15.5 Å². The van der Waals surface area contributed by atoms with Crippen molar-refractivity contribution in [2.75, 3.05) is 12.4 Å². The van der Waals surface area contributed by atoms with Crippen LogP contribution in [0.4, 0.5) is 17.1 Å². The van der Waals surface area contributed by atoms with Crippen molar-refractivity contribution in [2.24, 2.45) is 10.2 Å². The molecule has 0 aliphatic rings. The summed E-state index contributed by atoms with van der Waals surface area (Å²) in [5, 5.41) is 20.3. The van der Waals surface area contributed by atoms with E-state index < -0.39 is 62.2 Å². The Morgan fingerprint density at radius 3 is 1.94 bits per heavy atom. The molecular weight excluding hydrogens is 514 g/mol. The van der Waals surface area contributed by atoms with Crippen LogP contribution in [0.2, 0.25) is 0 Å². The molecule has 182 valence electrons. The number of fused-ring (bicyclic) bond motifs is 1. The molecule has 16 heteroatoms. The number of aromatic hydroxyl groups is 1. The first-order valence-electron chi connectivity index (χ1n) is 9.00. The molecule has 5 N–H and O–H groups in total. The molecule has 13 nitrogen and oxygen atoms in total. The molecule has 0 saturated carbocycles. The van der Waals surface area contributed by atoms with Crippen molar-refractivity contribution >= 4 is 58.2 Å². The number of nitrogens with zero attached hydrogens (tertiary/aromatic N) is 2. The minimum atomic E-state index is -5.08. The third kappa shape index (κ3) is 5.01. The molecule has 3 aromatic rings. The average molecular weight is 532 g/mol. The van der Waals surface area contributed by atoms with Crippen molar-refractivity contribution in [1.29, 1.82) is 0 Å². The Hall–Kier alpha value is -3.15. The summed E-state index contributed by atoms with van der Waals surface area (Å²) in [6.07, 6.45) is 0. The van der Waals surface area contributed by atoms with E-state index in [1.807, 2.05) is 0 Å². The lowest BCUT2D eigenvalue weighted by molar-refractivity contribution is 0.472. The largest absolute Gasteiger partial charge is 0.505 e. The molecule has 0 unspecified atom stereocenters. The fraction of sp³-hybridized carbons (Fsp3) is 0.111. The molecular formula is C18H17N3O10S3. The topological polar surface area (TPSA) is 220 Å². The van der Waals surface area contributed by atoms with Gasteiger partial charge in [0.05, 0.1) is 4.90 Å². The summed E-state index contributed by atoms with van der Waals surface area (Å²) in [6, 6.07) is 6.29. The van der Waals surface area contributed by atoms with E-state index in [1.165, 1.54) is 19.2 Å². The van der Waals surface area contributed by atoms with Crippen LogP contribution in [0.15, 0.2) is 61.3 Å². The highest BCUT2D eigenvalue weighted by Crippen LogP contribution is 2.45. The first kappa shape index (κ1) is 25.5. The molecule has 0 bridgehead atoms. The molecule has 0 spiro atoms. The number of aryl methyl sites for hydroxylation is 1. The van der Waals surface area contributed by atoms with Crippen LogP contribution in [0.5, 0.6) is 5.75 Å². The predicted octanol–water partition coefficient (Wildman–Crippen LogP) is 3.05. The zero-order chi connectivity index (χ0) is 25.6. The maximum absolute atomic E-state index is 12.0. The normalized spacial score (nSPS) is 13.0. The van der Waals surface area contributed by atoms with Crippen LogP contribution in [0.25, 0.3) is 10.8 Å². The summed E-state index contributed by atoms with van der Waals surface area (Å²) in [5.74, 6) is -0.861. The van der Waals surface area contributed by atoms with E-state index in [9.17, 15) is 44.0 Å². The van der Waals surface area contributed by atoms with Crippen LogP contribution >= 0.6 is 0 Å². The number of anilines is 1. The Morgan fingerprint density at radius 1 is 0.794 bits per heavy atom. The van der Waals surface area contributed by atoms with Gasteiger partial charge in [0.1, 0.15) is 21.2 Å². The number of hydrogen-bond acceptors (Lipinski definition) is 10. The van der Waals surface area contributed by atoms with E-state index in [0.717, 1.165) is 24.3 Å². The first-order chi connectivity index (χ1) is 15.5. The number of azo groups is 1. The summed E-state index contributed by atoms with van der Waals surface area (Å²) in [5.41, 5.74) is -0.806. The fourth-order valence-corrected chi connectivity index (χ4v) is 5.02. The number of benzene rings is 3. The van der Waals surface area contributed by atoms with E-state index in [1.54, 1.807) is 6.92 Å². The predicted molar refractivity (Wildman–Crippen MR) is 120 cm³/mol. The van der Waals surface area contributed by atoms with Crippen molar-refractivity contribution in [3.05, 3.63) is 42.0 Å². The standard InChI is InChI=1S/C18H17N3O10S3/c1-9-3-4-12(14(5-9)33(26,27)28)20-21-17-15(34(29,30)31)7-10-6-11(32(23,24)25)8-13(19-2)16(10)18(17)22/h3-8,19,22H,1-2H3,(H,23,24,25)(H,26,27,28)(H,29,30,31). The molecule has 0 amide bonds. The van der Waals surface area contributed by atoms with Crippen molar-refractivity contribution < 1.29 is 44.0 Å². The van der Waals surface area contributed by atoms with Gasteiger partial charge in [-0.05, 0) is 48.2 Å². The highest BCUT2D eigenvalue weighted by molar-refractivity contribution is 7.86. The van der Waals surface area contributed by atoms with Crippen molar-refractivity contribution in [3.63, 3.8) is 0 Å². The van der Waals surface area contributed by atoms with Crippen LogP contribution in [-0.4, -0.2) is 51.1 Å². The molecule has 0 fully saturated rings. The molecule has 0 atom stereocenters. The van der Waals surface area contributed by atoms with Gasteiger partial charge >= 0.3 is 0 Å². The van der Waals surface area contributed by atoms with Gasteiger partial charge in [-0.1, -0.05) is 6.07 Å². The Balaban J connectivity index is 2.40. The summed E-state index contributed by atoms with van der Waals surface area (Å²) >= 11 is 0. The maximum Gasteiger partial charge on any atom is 0.296 e. The Kier molecular flexibility index (Phi) is 6.42. The maximum atomic E-state index is 12.0. The number of phenols is 1. The van der Waals surface area contributed by atoms with Crippen LogP contribution < -0.4 is 5.32 Å². The number of phenolic OH excluding ortho intramolecular Hbond substituents is 1. The minimum absolute atomic E-state index is 0.0603. The third-order valence-electron chi connectivity index (χ3n) is 4.62. The lowest BCUT2D eigenvalue weighted by atomic mass is 10.1. The quantitative estimate of drug-likeness (QED) is 0.230. The highest BCUT2D eigenvalue weighted by atomic mass is 32.2. The van der Waals surface area contributed by atoms with E-state index in [4.69, 9.17) is 0 Å². The molecule has 34 heavy (non-hydrogen) atoms. The fourth-order valence-electron chi connectivity index (χ4n) is 3.11. The molecule has 0 radical (unpaired) electrons. The van der Waals surface area contributed by atoms with E-state index in [-0.39, 0.29) is 16.5 Å². The molecule has 0 heterocycles. The second-order valence-corrected chi connectivity index (χ2v) is 11.2. The zero-order valence-corrected chi connectivity index (χ0v) is 19.8. The Bertz CT molecular complexity index is 1680. The first-order valence-corrected chi connectivity index (χ1v) is 13.3. The molecule has 0 aromatic heterocycles. The summed E-state index contributed by atoms with van der Waals surface area (Å²) in [4.78, 5) is -2.26. The van der Waals surface area contributed by atoms with Crippen LogP contribution in [0.1, 0.15) is 5.56 Å². The highest BCUT2D eigenvalue weighted by Gasteiger charge is 2.25. The Morgan fingerprint density at radius 2 is 1.41 bits per heavy atom. The van der Waals surface area contributed by atoms with Gasteiger partial charge in [0.25, 0.3) is 30.4 Å². The van der Waals surface area contributed by atoms with Crippen molar-refractivity contribution in [3.8, 4) is 5.75 Å². The van der Waals surface area contributed by atoms with Gasteiger partial charge in [-0.2, -0.15) is 25.3 Å². The van der Waals surface area contributed by atoms with Crippen molar-refractivity contribution in [2.45, 2.75) is 21.6 Å². The van der Waals surface area contributed by atoms with Gasteiger partial charge in [-0.15, -0.1) is 10.2 Å². The van der Waals surface area contributed by atoms with Crippen LogP contribution in [-0.2, 0) is 30.4 Å². The lowest BCUT2D eigenvalue weighted by Crippen LogP contribution is -2.03. The molecule has 0 aliphatic carbocycles. The van der Waals surface area contributed by atoms with Crippen LogP contribution in [0, 0.1) is 6.92 Å². The number of nitrogens with one attached hydrogen (secondary N) is 1. The average Bonchev–Trinajstić information content (AvgIpc) is 2.70. The second-order valence-electron chi connectivity index (χ2n) is 6.99. The van der Waals surface area contributed by atoms with E-state index >= 15 is 0 Å². The zero-order valence-electron chi connectivity index (χ0n) is 17.3. The summed E-state index contributed by atoms with van der Waals surface area (Å²) in [7, 11) is -13.2. The smallest absolute Gasteiger partial charge is 0.296 e. The number of hydrogen-bond donors (Lipinski definition) is 5. The third-order valence-corrected chi connectivity index (χ3v) is 7.20. The molecule has 0 aliphatic heterocycles. The Labute approximate surface area is 194 Å². The van der Waals surface area contributed by atoms with Gasteiger partial charge < -0.3 is 10.4 Å². The molecule has 3 rings (SSSR count). The number of rotatable bonds is 6. The van der Waals surface area contributed by atoms with Gasteiger partial charge in [0.15, 0.2) is 5.75 Å². The van der Waals surface area contributed by atoms with Crippen LogP contribution in [0.3, 0.4) is 0 Å². The monoisotopic (exact) mass is 531 g/mol. The van der Waals surface area contributed by atoms with Gasteiger partial charge in [0, 0.05) is 18.1 Å². The van der Waals surface area contributed by atoms with Crippen molar-refractivity contribution in [1.82, 2.24) is 0 Å². The molecule has 3 aromatic carbocycles. The lowest BCUT2D eigenvalue weighted by Gasteiger charge is -2.13.